The summed E-state index contributed by atoms with van der Waals surface area (Å²) in [4.78, 5) is 0. The smallest absolute Gasteiger partial charge is 0.494 e. The summed E-state index contributed by atoms with van der Waals surface area (Å²) in [6.45, 7) is 16.1. The molecule has 11 heteroatoms. The lowest BCUT2D eigenvalue weighted by Crippen LogP contribution is -2.41. The third-order valence-electron chi connectivity index (χ3n) is 10.4. The highest BCUT2D eigenvalue weighted by atomic mass is 19.1. The normalized spacial score (nSPS) is 22.0. The van der Waals surface area contributed by atoms with Gasteiger partial charge in [0, 0.05) is 22.6 Å². The molecule has 46 heavy (non-hydrogen) atoms. The molecule has 0 N–H and O–H groups in total. The summed E-state index contributed by atoms with van der Waals surface area (Å²) in [5.74, 6) is 1.34. The van der Waals surface area contributed by atoms with Gasteiger partial charge in [0.05, 0.1) is 47.8 Å². The third-order valence-corrected chi connectivity index (χ3v) is 10.4. The molecule has 0 spiro atoms. The molecule has 1 aromatic heterocycles. The molecule has 0 aliphatic carbocycles. The number of ether oxygens (including phenoxy) is 3. The van der Waals surface area contributed by atoms with E-state index in [1.165, 1.54) is 0 Å². The van der Waals surface area contributed by atoms with Crippen LogP contribution in [0.3, 0.4) is 0 Å². The Morgan fingerprint density at radius 3 is 1.70 bits per heavy atom. The fraction of sp³-hybridized carbons (Fsp3) is 0.429. The molecule has 1 atom stereocenters. The minimum Gasteiger partial charge on any atom is -0.497 e. The summed E-state index contributed by atoms with van der Waals surface area (Å²) in [7, 11) is 1.96. The topological polar surface area (TPSA) is 69.5 Å². The summed E-state index contributed by atoms with van der Waals surface area (Å²) in [5, 5.41) is 0.438. The molecule has 240 valence electrons. The van der Waals surface area contributed by atoms with Gasteiger partial charge in [-0.1, -0.05) is 18.2 Å². The SMILES string of the molecule is COc1cc(OC)cc(C2Oc3cc(B4OC(C)(C)C(C)(C)O4)ccc3-c3c(F)c4cc(B5OC(C)(C)C(C)(C)O5)ccc4n32)c1. The van der Waals surface area contributed by atoms with Crippen molar-refractivity contribution in [2.24, 2.45) is 0 Å². The van der Waals surface area contributed by atoms with Crippen molar-refractivity contribution < 1.29 is 37.2 Å². The Kier molecular flexibility index (Phi) is 6.93. The Hall–Kier alpha value is -3.50. The fourth-order valence-electron chi connectivity index (χ4n) is 6.23. The molecule has 0 bridgehead atoms. The van der Waals surface area contributed by atoms with Crippen LogP contribution in [0.25, 0.3) is 22.2 Å². The quantitative estimate of drug-likeness (QED) is 0.252. The highest BCUT2D eigenvalue weighted by Crippen LogP contribution is 2.47. The van der Waals surface area contributed by atoms with Crippen LogP contribution < -0.4 is 25.1 Å². The Bertz CT molecular complexity index is 1810. The lowest BCUT2D eigenvalue weighted by Gasteiger charge is -2.32. The maximum absolute atomic E-state index is 16.9. The third kappa shape index (κ3) is 4.66. The van der Waals surface area contributed by atoms with Gasteiger partial charge in [-0.2, -0.15) is 0 Å². The molecule has 2 fully saturated rings. The van der Waals surface area contributed by atoms with Crippen molar-refractivity contribution in [2.45, 2.75) is 84.0 Å². The van der Waals surface area contributed by atoms with Gasteiger partial charge in [0.15, 0.2) is 5.82 Å². The highest BCUT2D eigenvalue weighted by Gasteiger charge is 2.53. The van der Waals surface area contributed by atoms with Crippen molar-refractivity contribution in [2.75, 3.05) is 14.2 Å². The Balaban J connectivity index is 1.39. The number of halogens is 1. The van der Waals surface area contributed by atoms with E-state index >= 15 is 4.39 Å². The fourth-order valence-corrected chi connectivity index (χ4v) is 6.23. The molecule has 4 heterocycles. The number of hydrogen-bond acceptors (Lipinski definition) is 7. The Morgan fingerprint density at radius 1 is 0.674 bits per heavy atom. The minimum atomic E-state index is -0.741. The van der Waals surface area contributed by atoms with Crippen molar-refractivity contribution >= 4 is 36.1 Å². The van der Waals surface area contributed by atoms with Crippen LogP contribution >= 0.6 is 0 Å². The van der Waals surface area contributed by atoms with Crippen molar-refractivity contribution in [1.82, 2.24) is 4.57 Å². The van der Waals surface area contributed by atoms with Gasteiger partial charge in [-0.05, 0) is 96.6 Å². The first kappa shape index (κ1) is 31.1. The van der Waals surface area contributed by atoms with Crippen molar-refractivity contribution in [1.29, 1.82) is 0 Å². The van der Waals surface area contributed by atoms with Gasteiger partial charge in [0.1, 0.15) is 17.2 Å². The number of benzene rings is 3. The van der Waals surface area contributed by atoms with E-state index in [1.807, 2.05) is 108 Å². The standard InChI is InChI=1S/C35H40B2FNO7/c1-32(2)33(3,4)44-36(43-32)21-12-14-27-26(17-21)29(38)30-25-13-11-22(37-45-34(5,6)35(7,8)46-37)18-28(25)42-31(39(27)30)20-15-23(40-9)19-24(16-20)41-10/h11-19,31H,1-10H3. The number of methoxy groups -OCH3 is 2. The Morgan fingerprint density at radius 2 is 1.17 bits per heavy atom. The van der Waals surface area contributed by atoms with E-state index in [0.717, 1.165) is 16.5 Å². The molecule has 0 radical (unpaired) electrons. The van der Waals surface area contributed by atoms with Crippen LogP contribution in [-0.4, -0.2) is 55.4 Å². The first-order chi connectivity index (χ1) is 21.6. The molecule has 0 saturated carbocycles. The van der Waals surface area contributed by atoms with Gasteiger partial charge in [-0.15, -0.1) is 0 Å². The van der Waals surface area contributed by atoms with Crippen molar-refractivity contribution in [3.8, 4) is 28.5 Å². The summed E-state index contributed by atoms with van der Waals surface area (Å²) >= 11 is 0. The zero-order valence-electron chi connectivity index (χ0n) is 28.1. The molecule has 7 rings (SSSR count). The molecular weight excluding hydrogens is 587 g/mol. The largest absolute Gasteiger partial charge is 0.497 e. The predicted octanol–water partition coefficient (Wildman–Crippen LogP) is 6.00. The first-order valence-electron chi connectivity index (χ1n) is 15.6. The van der Waals surface area contributed by atoms with Crippen LogP contribution in [-0.2, 0) is 18.6 Å². The van der Waals surface area contributed by atoms with E-state index in [4.69, 9.17) is 32.8 Å². The van der Waals surface area contributed by atoms with Gasteiger partial charge >= 0.3 is 14.2 Å². The summed E-state index contributed by atoms with van der Waals surface area (Å²) < 4.78 is 62.0. The molecular formula is C35H40B2FNO7. The van der Waals surface area contributed by atoms with E-state index in [-0.39, 0.29) is 5.82 Å². The molecule has 2 saturated heterocycles. The van der Waals surface area contributed by atoms with Crippen LogP contribution in [0.1, 0.15) is 67.2 Å². The molecule has 3 aliphatic rings. The molecule has 8 nitrogen and oxygen atoms in total. The zero-order valence-corrected chi connectivity index (χ0v) is 28.1. The van der Waals surface area contributed by atoms with E-state index in [9.17, 15) is 0 Å². The van der Waals surface area contributed by atoms with Gasteiger partial charge in [0.2, 0.25) is 6.23 Å². The number of hydrogen-bond donors (Lipinski definition) is 0. The molecule has 0 amide bonds. The number of nitrogens with zero attached hydrogens (tertiary/aromatic N) is 1. The molecule has 3 aliphatic heterocycles. The van der Waals surface area contributed by atoms with Crippen LogP contribution in [0, 0.1) is 5.82 Å². The van der Waals surface area contributed by atoms with Crippen LogP contribution in [0.4, 0.5) is 4.39 Å². The Labute approximate surface area is 270 Å². The van der Waals surface area contributed by atoms with Crippen LogP contribution in [0.2, 0.25) is 0 Å². The first-order valence-corrected chi connectivity index (χ1v) is 15.6. The van der Waals surface area contributed by atoms with Gasteiger partial charge < -0.3 is 32.8 Å². The second kappa shape index (κ2) is 10.2. The van der Waals surface area contributed by atoms with E-state index < -0.39 is 42.9 Å². The van der Waals surface area contributed by atoms with Crippen molar-refractivity contribution in [3.63, 3.8) is 0 Å². The average Bonchev–Trinajstić information content (AvgIpc) is 3.52. The number of aromatic nitrogens is 1. The lowest BCUT2D eigenvalue weighted by atomic mass is 9.78. The van der Waals surface area contributed by atoms with Gasteiger partial charge in [0.25, 0.3) is 0 Å². The second-order valence-corrected chi connectivity index (χ2v) is 14.4. The summed E-state index contributed by atoms with van der Waals surface area (Å²) in [6.07, 6.45) is -0.741. The van der Waals surface area contributed by atoms with Gasteiger partial charge in [-0.25, -0.2) is 4.39 Å². The van der Waals surface area contributed by atoms with Crippen LogP contribution in [0.15, 0.2) is 54.6 Å². The summed E-state index contributed by atoms with van der Waals surface area (Å²) in [6, 6.07) is 16.9. The maximum atomic E-state index is 16.9. The molecule has 3 aromatic carbocycles. The van der Waals surface area contributed by atoms with Gasteiger partial charge in [-0.3, -0.25) is 4.57 Å². The average molecular weight is 627 g/mol. The number of fused-ring (bicyclic) bond motifs is 5. The van der Waals surface area contributed by atoms with E-state index in [1.54, 1.807) is 20.3 Å². The van der Waals surface area contributed by atoms with Crippen LogP contribution in [0.5, 0.6) is 17.2 Å². The molecule has 4 aromatic rings. The lowest BCUT2D eigenvalue weighted by molar-refractivity contribution is 0.00578. The zero-order chi connectivity index (χ0) is 33.0. The van der Waals surface area contributed by atoms with E-state index in [2.05, 4.69) is 0 Å². The van der Waals surface area contributed by atoms with Crippen molar-refractivity contribution in [3.05, 3.63) is 66.0 Å². The molecule has 1 unspecified atom stereocenters. The maximum Gasteiger partial charge on any atom is 0.494 e. The predicted molar refractivity (Wildman–Crippen MR) is 177 cm³/mol. The highest BCUT2D eigenvalue weighted by molar-refractivity contribution is 6.62. The second-order valence-electron chi connectivity index (χ2n) is 14.4. The van der Waals surface area contributed by atoms with E-state index in [0.29, 0.717) is 39.4 Å². The minimum absolute atomic E-state index is 0.360. The summed E-state index contributed by atoms with van der Waals surface area (Å²) in [5.41, 5.74) is 1.89. The monoisotopic (exact) mass is 627 g/mol. The number of rotatable bonds is 5.